The zero-order valence-corrected chi connectivity index (χ0v) is 18.5. The highest BCUT2D eigenvalue weighted by atomic mass is 32.2. The van der Waals surface area contributed by atoms with E-state index in [0.29, 0.717) is 5.76 Å². The van der Waals surface area contributed by atoms with Crippen LogP contribution in [-0.2, 0) is 24.3 Å². The Hall–Kier alpha value is -2.76. The van der Waals surface area contributed by atoms with Crippen molar-refractivity contribution in [1.29, 1.82) is 0 Å². The first-order valence-electron chi connectivity index (χ1n) is 9.77. The maximum absolute atomic E-state index is 13.0. The molecule has 2 aromatic rings. The summed E-state index contributed by atoms with van der Waals surface area (Å²) in [5.41, 5.74) is 0.0207. The molecule has 1 saturated heterocycles. The summed E-state index contributed by atoms with van der Waals surface area (Å²) in [5.74, 6) is -0.698. The number of amides is 1. The third-order valence-electron chi connectivity index (χ3n) is 4.63. The number of nitrogens with zero attached hydrogens (tertiary/aromatic N) is 2. The van der Waals surface area contributed by atoms with Gasteiger partial charge in [0.05, 0.1) is 22.7 Å². The van der Waals surface area contributed by atoms with E-state index in [1.54, 1.807) is 20.8 Å². The van der Waals surface area contributed by atoms with Crippen LogP contribution in [0.1, 0.15) is 36.9 Å². The normalized spacial score (nSPS) is 20.8. The van der Waals surface area contributed by atoms with Crippen LogP contribution < -0.4 is 5.32 Å². The van der Waals surface area contributed by atoms with E-state index in [9.17, 15) is 18.0 Å². The van der Waals surface area contributed by atoms with Crippen LogP contribution in [0.15, 0.2) is 39.8 Å². The van der Waals surface area contributed by atoms with Gasteiger partial charge in [0.2, 0.25) is 10.0 Å². The van der Waals surface area contributed by atoms with Crippen molar-refractivity contribution >= 4 is 27.7 Å². The molecule has 1 amide bonds. The monoisotopic (exact) mass is 451 g/mol. The number of sulfonamides is 1. The fourth-order valence-electron chi connectivity index (χ4n) is 3.19. The first-order chi connectivity index (χ1) is 14.6. The number of ether oxygens (including phenoxy) is 2. The molecule has 2 heterocycles. The van der Waals surface area contributed by atoms with Crippen molar-refractivity contribution in [1.82, 2.24) is 9.46 Å². The third kappa shape index (κ3) is 5.49. The van der Waals surface area contributed by atoms with Gasteiger partial charge < -0.3 is 19.3 Å². The van der Waals surface area contributed by atoms with E-state index in [1.165, 1.54) is 41.6 Å². The van der Waals surface area contributed by atoms with Gasteiger partial charge in [-0.05, 0) is 45.9 Å². The molecule has 3 atom stereocenters. The number of carbonyl (C=O) groups is 2. The lowest BCUT2D eigenvalue weighted by Crippen LogP contribution is -2.48. The zero-order chi connectivity index (χ0) is 22.8. The number of rotatable bonds is 6. The number of benzene rings is 1. The summed E-state index contributed by atoms with van der Waals surface area (Å²) < 4.78 is 43.0. The molecule has 0 saturated carbocycles. The highest BCUT2D eigenvalue weighted by Gasteiger charge is 2.32. The number of morpholine rings is 1. The van der Waals surface area contributed by atoms with Crippen molar-refractivity contribution in [2.75, 3.05) is 18.4 Å². The molecule has 168 valence electrons. The summed E-state index contributed by atoms with van der Waals surface area (Å²) in [4.78, 5) is 24.7. The number of esters is 1. The Kier molecular flexibility index (Phi) is 6.77. The van der Waals surface area contributed by atoms with E-state index in [1.807, 2.05) is 0 Å². The Morgan fingerprint density at radius 3 is 2.52 bits per heavy atom. The smallest absolute Gasteiger partial charge is 0.338 e. The Morgan fingerprint density at radius 2 is 1.90 bits per heavy atom. The van der Waals surface area contributed by atoms with Gasteiger partial charge in [0, 0.05) is 19.2 Å². The molecule has 31 heavy (non-hydrogen) atoms. The highest BCUT2D eigenvalue weighted by molar-refractivity contribution is 7.89. The van der Waals surface area contributed by atoms with Gasteiger partial charge in [-0.25, -0.2) is 13.2 Å². The summed E-state index contributed by atoms with van der Waals surface area (Å²) in [6, 6.07) is 7.07. The minimum atomic E-state index is -3.82. The number of aryl methyl sites for hydroxylation is 1. The van der Waals surface area contributed by atoms with Gasteiger partial charge >= 0.3 is 5.97 Å². The maximum Gasteiger partial charge on any atom is 0.338 e. The predicted octanol–water partition coefficient (Wildman–Crippen LogP) is 1.96. The molecule has 1 N–H and O–H groups in total. The summed E-state index contributed by atoms with van der Waals surface area (Å²) >= 11 is 0. The quantitative estimate of drug-likeness (QED) is 0.660. The second-order valence-electron chi connectivity index (χ2n) is 7.47. The molecule has 3 rings (SSSR count). The van der Waals surface area contributed by atoms with Crippen LogP contribution in [0.25, 0.3) is 0 Å². The van der Waals surface area contributed by atoms with Gasteiger partial charge in [-0.15, -0.1) is 0 Å². The minimum absolute atomic E-state index is 0.0207. The molecule has 0 spiro atoms. The van der Waals surface area contributed by atoms with E-state index in [0.717, 1.165) is 0 Å². The number of nitrogens with one attached hydrogen (secondary N) is 1. The maximum atomic E-state index is 13.0. The number of hydrogen-bond donors (Lipinski definition) is 1. The molecule has 10 nitrogen and oxygen atoms in total. The number of aromatic nitrogens is 1. The SMILES string of the molecule is Cc1cc(NC(=O)[C@H](C)OC(=O)c2cccc(S(=O)(=O)N3C[C@H](C)O[C@@H](C)C3)c2)no1. The van der Waals surface area contributed by atoms with Crippen molar-refractivity contribution < 1.29 is 32.0 Å². The van der Waals surface area contributed by atoms with E-state index >= 15 is 0 Å². The molecule has 11 heteroatoms. The van der Waals surface area contributed by atoms with Gasteiger partial charge in [0.1, 0.15) is 5.76 Å². The highest BCUT2D eigenvalue weighted by Crippen LogP contribution is 2.22. The first-order valence-corrected chi connectivity index (χ1v) is 11.2. The number of carbonyl (C=O) groups excluding carboxylic acids is 2. The molecule has 1 aliphatic rings. The van der Waals surface area contributed by atoms with E-state index < -0.39 is 28.0 Å². The summed E-state index contributed by atoms with van der Waals surface area (Å²) in [7, 11) is -3.82. The van der Waals surface area contributed by atoms with Crippen LogP contribution in [0.3, 0.4) is 0 Å². The summed E-state index contributed by atoms with van der Waals surface area (Å²) in [6.45, 7) is 7.13. The summed E-state index contributed by atoms with van der Waals surface area (Å²) in [6.07, 6.45) is -1.61. The average Bonchev–Trinajstić information content (AvgIpc) is 3.11. The average molecular weight is 452 g/mol. The first kappa shape index (κ1) is 22.9. The Morgan fingerprint density at radius 1 is 1.23 bits per heavy atom. The topological polar surface area (TPSA) is 128 Å². The molecule has 0 radical (unpaired) electrons. The van der Waals surface area contributed by atoms with Crippen LogP contribution in [0.4, 0.5) is 5.82 Å². The van der Waals surface area contributed by atoms with Gasteiger partial charge in [-0.3, -0.25) is 4.79 Å². The van der Waals surface area contributed by atoms with E-state index in [4.69, 9.17) is 14.0 Å². The van der Waals surface area contributed by atoms with Crippen LogP contribution in [0.2, 0.25) is 0 Å². The number of anilines is 1. The Balaban J connectivity index is 1.70. The van der Waals surface area contributed by atoms with Crippen LogP contribution in [-0.4, -0.2) is 61.2 Å². The lowest BCUT2D eigenvalue weighted by Gasteiger charge is -2.34. The second kappa shape index (κ2) is 9.16. The Labute approximate surface area is 180 Å². The molecule has 1 aromatic heterocycles. The third-order valence-corrected chi connectivity index (χ3v) is 6.45. The molecule has 1 fully saturated rings. The second-order valence-corrected chi connectivity index (χ2v) is 9.40. The molecule has 0 aliphatic carbocycles. The number of hydrogen-bond acceptors (Lipinski definition) is 8. The molecule has 1 aromatic carbocycles. The van der Waals surface area contributed by atoms with Gasteiger partial charge in [-0.2, -0.15) is 4.31 Å². The van der Waals surface area contributed by atoms with E-state index in [-0.39, 0.29) is 41.6 Å². The van der Waals surface area contributed by atoms with Crippen molar-refractivity contribution in [3.63, 3.8) is 0 Å². The fraction of sp³-hybridized carbons (Fsp3) is 0.450. The van der Waals surface area contributed by atoms with Crippen LogP contribution in [0.5, 0.6) is 0 Å². The van der Waals surface area contributed by atoms with E-state index in [2.05, 4.69) is 10.5 Å². The van der Waals surface area contributed by atoms with Crippen molar-refractivity contribution in [2.45, 2.75) is 50.9 Å². The van der Waals surface area contributed by atoms with Crippen molar-refractivity contribution in [3.05, 3.63) is 41.7 Å². The molecule has 1 aliphatic heterocycles. The zero-order valence-electron chi connectivity index (χ0n) is 17.7. The summed E-state index contributed by atoms with van der Waals surface area (Å²) in [5, 5.41) is 6.11. The van der Waals surface area contributed by atoms with Crippen LogP contribution >= 0.6 is 0 Å². The van der Waals surface area contributed by atoms with Gasteiger partial charge in [0.25, 0.3) is 5.91 Å². The molecular weight excluding hydrogens is 426 g/mol. The standard InChI is InChI=1S/C20H25N3O7S/c1-12-8-18(22-30-12)21-19(24)15(4)29-20(25)16-6-5-7-17(9-16)31(26,27)23-10-13(2)28-14(3)11-23/h5-9,13-15H,10-11H2,1-4H3,(H,21,22,24)/t13-,14-,15-/m0/s1. The van der Waals surface area contributed by atoms with Crippen molar-refractivity contribution in [2.24, 2.45) is 0 Å². The largest absolute Gasteiger partial charge is 0.449 e. The lowest BCUT2D eigenvalue weighted by molar-refractivity contribution is -0.123. The predicted molar refractivity (Wildman–Crippen MR) is 110 cm³/mol. The minimum Gasteiger partial charge on any atom is -0.449 e. The molecular formula is C20H25N3O7S. The lowest BCUT2D eigenvalue weighted by atomic mass is 10.2. The fourth-order valence-corrected chi connectivity index (χ4v) is 4.83. The van der Waals surface area contributed by atoms with Gasteiger partial charge in [-0.1, -0.05) is 11.2 Å². The van der Waals surface area contributed by atoms with Crippen LogP contribution in [0, 0.1) is 6.92 Å². The molecule has 0 bridgehead atoms. The van der Waals surface area contributed by atoms with Crippen molar-refractivity contribution in [3.8, 4) is 0 Å². The Bertz CT molecular complexity index is 1060. The molecule has 0 unspecified atom stereocenters. The van der Waals surface area contributed by atoms with Gasteiger partial charge in [0.15, 0.2) is 11.9 Å².